The number of carbonyl (C=O) groups excluding carboxylic acids is 1. The number of amides is 1. The average molecular weight is 892 g/mol. The molecule has 0 radical (unpaired) electrons. The van der Waals surface area contributed by atoms with Crippen LogP contribution >= 0.6 is 23.2 Å². The minimum Gasteiger partial charge on any atom is -0.473 e. The van der Waals surface area contributed by atoms with Crippen LogP contribution in [0.4, 0.5) is 10.1 Å². The number of rotatable bonds is 12. The number of nitrogens with one attached hydrogen (secondary N) is 2. The first-order valence-electron chi connectivity index (χ1n) is 20.5. The number of fused-ring (bicyclic) bond motifs is 1. The van der Waals surface area contributed by atoms with Crippen molar-refractivity contribution in [3.05, 3.63) is 106 Å². The lowest BCUT2D eigenvalue weighted by Crippen LogP contribution is -2.47. The van der Waals surface area contributed by atoms with E-state index < -0.39 is 27.7 Å². The molecular weight excluding hydrogens is 843 g/mol. The standard InChI is InChI=1S/C45H49Cl2FN6O6S/c1-44(2)15-12-30(36(24-44)29-6-8-31(46)9-7-29)27-53-18-20-54(21-19-53)32-10-11-35(41(22-32)60-40-5-3-4-39-37(40)26-50-51-39)42(56)52-61(57,58)34-23-38(47)43(49-25-34)59-28-45(48)16-13-33(55)14-17-45/h3-11,22-23,25-26,33,55H,12-21,24,27-28H2,1-2H3,(H,50,51)(H,52,56). The number of aromatic nitrogens is 3. The third kappa shape index (κ3) is 9.99. The topological polar surface area (TPSA) is 150 Å². The number of alkyl halides is 1. The van der Waals surface area contributed by atoms with Gasteiger partial charge >= 0.3 is 0 Å². The Hall–Kier alpha value is -4.73. The molecule has 61 heavy (non-hydrogen) atoms. The molecule has 3 heterocycles. The van der Waals surface area contributed by atoms with Crippen molar-refractivity contribution in [1.82, 2.24) is 24.8 Å². The minimum absolute atomic E-state index is 0.0156. The predicted molar refractivity (Wildman–Crippen MR) is 235 cm³/mol. The lowest BCUT2D eigenvalue weighted by Gasteiger charge is -2.39. The van der Waals surface area contributed by atoms with E-state index in [0.717, 1.165) is 80.5 Å². The first kappa shape index (κ1) is 42.9. The molecule has 1 saturated carbocycles. The van der Waals surface area contributed by atoms with Crippen LogP contribution in [0.1, 0.15) is 74.7 Å². The van der Waals surface area contributed by atoms with Gasteiger partial charge < -0.3 is 19.5 Å². The number of benzene rings is 3. The molecule has 1 aliphatic heterocycles. The largest absolute Gasteiger partial charge is 0.473 e. The molecule has 0 bridgehead atoms. The Morgan fingerprint density at radius 2 is 1.74 bits per heavy atom. The molecule has 2 fully saturated rings. The van der Waals surface area contributed by atoms with E-state index in [2.05, 4.69) is 55.7 Å². The summed E-state index contributed by atoms with van der Waals surface area (Å²) in [6.45, 7) is 8.32. The molecule has 3 N–H and O–H groups in total. The van der Waals surface area contributed by atoms with Gasteiger partial charge in [0.1, 0.15) is 33.7 Å². The lowest BCUT2D eigenvalue weighted by molar-refractivity contribution is 0.00180. The number of aromatic amines is 1. The Morgan fingerprint density at radius 1 is 0.984 bits per heavy atom. The van der Waals surface area contributed by atoms with Gasteiger partial charge in [-0.15, -0.1) is 0 Å². The van der Waals surface area contributed by atoms with E-state index in [-0.39, 0.29) is 52.0 Å². The summed E-state index contributed by atoms with van der Waals surface area (Å²) >= 11 is 12.6. The molecule has 1 saturated heterocycles. The molecule has 322 valence electrons. The molecule has 0 spiro atoms. The number of nitrogens with zero attached hydrogens (tertiary/aromatic N) is 4. The van der Waals surface area contributed by atoms with Crippen molar-refractivity contribution in [2.45, 2.75) is 75.5 Å². The van der Waals surface area contributed by atoms with Crippen molar-refractivity contribution >= 4 is 61.3 Å². The lowest BCUT2D eigenvalue weighted by atomic mass is 9.72. The van der Waals surface area contributed by atoms with Gasteiger partial charge in [-0.3, -0.25) is 14.8 Å². The molecule has 5 aromatic rings. The summed E-state index contributed by atoms with van der Waals surface area (Å²) in [5, 5.41) is 18.0. The fourth-order valence-corrected chi connectivity index (χ4v) is 9.73. The van der Waals surface area contributed by atoms with E-state index in [9.17, 15) is 18.3 Å². The summed E-state index contributed by atoms with van der Waals surface area (Å²) in [5.74, 6) is -0.495. The zero-order valence-electron chi connectivity index (χ0n) is 34.1. The van der Waals surface area contributed by atoms with Crippen molar-refractivity contribution in [3.63, 3.8) is 0 Å². The first-order valence-corrected chi connectivity index (χ1v) is 22.8. The van der Waals surface area contributed by atoms with Crippen LogP contribution < -0.4 is 19.1 Å². The van der Waals surface area contributed by atoms with Gasteiger partial charge in [0.15, 0.2) is 0 Å². The van der Waals surface area contributed by atoms with E-state index in [1.54, 1.807) is 36.5 Å². The number of sulfonamides is 1. The molecule has 3 aromatic carbocycles. The maximum atomic E-state index is 15.2. The predicted octanol–water partition coefficient (Wildman–Crippen LogP) is 8.98. The number of allylic oxidation sites excluding steroid dienone is 1. The van der Waals surface area contributed by atoms with Crippen LogP contribution in [0, 0.1) is 5.41 Å². The van der Waals surface area contributed by atoms with Gasteiger partial charge in [0.05, 0.1) is 35.0 Å². The van der Waals surface area contributed by atoms with Crippen LogP contribution in [0.25, 0.3) is 16.5 Å². The normalized spacial score (nSPS) is 21.1. The van der Waals surface area contributed by atoms with Gasteiger partial charge in [0.25, 0.3) is 15.9 Å². The number of aliphatic hydroxyl groups excluding tert-OH is 1. The number of aliphatic hydroxyl groups is 1. The maximum absolute atomic E-state index is 15.2. The van der Waals surface area contributed by atoms with E-state index in [0.29, 0.717) is 24.0 Å². The summed E-state index contributed by atoms with van der Waals surface area (Å²) < 4.78 is 56.5. The Kier molecular flexibility index (Phi) is 12.4. The number of piperazine rings is 1. The number of anilines is 1. The van der Waals surface area contributed by atoms with Crippen LogP contribution in [0.3, 0.4) is 0 Å². The van der Waals surface area contributed by atoms with Crippen LogP contribution in [-0.4, -0.2) is 90.6 Å². The van der Waals surface area contributed by atoms with Crippen molar-refractivity contribution < 1.29 is 32.2 Å². The first-order chi connectivity index (χ1) is 29.1. The molecular formula is C45H49Cl2FN6O6S. The van der Waals surface area contributed by atoms with Crippen molar-refractivity contribution in [3.8, 4) is 17.4 Å². The fraction of sp³-hybridized carbons (Fsp3) is 0.400. The van der Waals surface area contributed by atoms with Crippen LogP contribution in [0.2, 0.25) is 10.0 Å². The van der Waals surface area contributed by atoms with Crippen molar-refractivity contribution in [1.29, 1.82) is 0 Å². The van der Waals surface area contributed by atoms with Crippen molar-refractivity contribution in [2.24, 2.45) is 5.41 Å². The van der Waals surface area contributed by atoms with Gasteiger partial charge in [0, 0.05) is 49.5 Å². The number of H-pyrrole nitrogens is 1. The SMILES string of the molecule is CC1(C)CCC(CN2CCN(c3ccc(C(=O)NS(=O)(=O)c4cnc(OCC5(F)CCC(O)CC5)c(Cl)c4)c(Oc4cccc5[nH]ncc45)c3)CC2)=C(c2ccc(Cl)cc2)C1. The van der Waals surface area contributed by atoms with Gasteiger partial charge in [-0.25, -0.2) is 22.5 Å². The van der Waals surface area contributed by atoms with Gasteiger partial charge in [-0.1, -0.05) is 60.8 Å². The van der Waals surface area contributed by atoms with Gasteiger partial charge in [0.2, 0.25) is 5.88 Å². The molecule has 16 heteroatoms. The Balaban J connectivity index is 0.988. The molecule has 3 aliphatic rings. The second kappa shape index (κ2) is 17.6. The number of ether oxygens (including phenoxy) is 2. The minimum atomic E-state index is -4.50. The van der Waals surface area contributed by atoms with Crippen molar-refractivity contribution in [2.75, 3.05) is 44.2 Å². The van der Waals surface area contributed by atoms with E-state index >= 15 is 4.39 Å². The quantitative estimate of drug-likeness (QED) is 0.111. The Labute approximate surface area is 365 Å². The summed E-state index contributed by atoms with van der Waals surface area (Å²) in [6.07, 6.45) is 6.14. The zero-order chi connectivity index (χ0) is 42.9. The highest BCUT2D eigenvalue weighted by Gasteiger charge is 2.36. The van der Waals surface area contributed by atoms with Crippen LogP contribution in [-0.2, 0) is 10.0 Å². The van der Waals surface area contributed by atoms with Gasteiger partial charge in [-0.05, 0) is 104 Å². The number of hydrogen-bond acceptors (Lipinski definition) is 10. The zero-order valence-corrected chi connectivity index (χ0v) is 36.4. The Bertz CT molecular complexity index is 2550. The van der Waals surface area contributed by atoms with Gasteiger partial charge in [-0.2, -0.15) is 5.10 Å². The molecule has 0 atom stereocenters. The summed E-state index contributed by atoms with van der Waals surface area (Å²) in [6, 6.07) is 19.8. The summed E-state index contributed by atoms with van der Waals surface area (Å²) in [5.41, 5.74) is 4.21. The highest BCUT2D eigenvalue weighted by molar-refractivity contribution is 7.90. The summed E-state index contributed by atoms with van der Waals surface area (Å²) in [4.78, 5) is 22.3. The molecule has 0 unspecified atom stereocenters. The number of halogens is 3. The molecule has 12 nitrogen and oxygen atoms in total. The monoisotopic (exact) mass is 890 g/mol. The maximum Gasteiger partial charge on any atom is 0.268 e. The molecule has 2 aliphatic carbocycles. The second-order valence-corrected chi connectivity index (χ2v) is 19.7. The summed E-state index contributed by atoms with van der Waals surface area (Å²) in [7, 11) is -4.50. The number of pyridine rings is 1. The molecule has 8 rings (SSSR count). The fourth-order valence-electron chi connectivity index (χ4n) is 8.39. The smallest absolute Gasteiger partial charge is 0.268 e. The highest BCUT2D eigenvalue weighted by atomic mass is 35.5. The number of hydrogen-bond donors (Lipinski definition) is 3. The van der Waals surface area contributed by atoms with E-state index in [1.807, 2.05) is 18.2 Å². The number of carbonyl (C=O) groups is 1. The molecule has 1 amide bonds. The second-order valence-electron chi connectivity index (χ2n) is 17.1. The van der Waals surface area contributed by atoms with Crippen LogP contribution in [0.5, 0.6) is 17.4 Å². The average Bonchev–Trinajstić information content (AvgIpc) is 3.73. The molecule has 2 aromatic heterocycles. The van der Waals surface area contributed by atoms with Crippen LogP contribution in [0.15, 0.2) is 89.6 Å². The van der Waals surface area contributed by atoms with E-state index in [4.69, 9.17) is 32.7 Å². The van der Waals surface area contributed by atoms with E-state index in [1.165, 1.54) is 16.7 Å². The Morgan fingerprint density at radius 3 is 2.48 bits per heavy atom. The third-order valence-corrected chi connectivity index (χ3v) is 13.9. The third-order valence-electron chi connectivity index (χ3n) is 12.0. The highest BCUT2D eigenvalue weighted by Crippen LogP contribution is 2.44.